The lowest BCUT2D eigenvalue weighted by molar-refractivity contribution is -0.141. The van der Waals surface area contributed by atoms with Crippen molar-refractivity contribution in [2.45, 2.75) is 18.9 Å². The molecule has 2 rings (SSSR count). The first kappa shape index (κ1) is 16.5. The molecule has 1 atom stereocenters. The van der Waals surface area contributed by atoms with Crippen LogP contribution in [0.3, 0.4) is 0 Å². The predicted octanol–water partition coefficient (Wildman–Crippen LogP) is 2.05. The standard InChI is InChI=1S/C18H19NO4/c1-23-15-9-5-8-14(10-15)12-17(20)19-16(18(21)22)11-13-6-3-2-4-7-13/h2-10,16H,11-12H2,1H3,(H,19,20)(H,21,22)/t16-/m0/s1. The van der Waals surface area contributed by atoms with Gasteiger partial charge < -0.3 is 15.2 Å². The van der Waals surface area contributed by atoms with E-state index in [-0.39, 0.29) is 18.7 Å². The Morgan fingerprint density at radius 1 is 1.09 bits per heavy atom. The van der Waals surface area contributed by atoms with Gasteiger partial charge in [0.1, 0.15) is 11.8 Å². The molecule has 0 aromatic heterocycles. The van der Waals surface area contributed by atoms with Crippen molar-refractivity contribution in [1.29, 1.82) is 0 Å². The van der Waals surface area contributed by atoms with E-state index in [2.05, 4.69) is 5.32 Å². The van der Waals surface area contributed by atoms with E-state index in [1.54, 1.807) is 31.4 Å². The van der Waals surface area contributed by atoms with E-state index in [1.165, 1.54) is 0 Å². The van der Waals surface area contributed by atoms with Crippen LogP contribution in [0.15, 0.2) is 54.6 Å². The molecule has 0 saturated carbocycles. The van der Waals surface area contributed by atoms with E-state index < -0.39 is 12.0 Å². The summed E-state index contributed by atoms with van der Waals surface area (Å²) < 4.78 is 5.11. The van der Waals surface area contributed by atoms with Gasteiger partial charge in [-0.1, -0.05) is 42.5 Å². The van der Waals surface area contributed by atoms with E-state index >= 15 is 0 Å². The van der Waals surface area contributed by atoms with Gasteiger partial charge in [-0.25, -0.2) is 4.79 Å². The van der Waals surface area contributed by atoms with Crippen molar-refractivity contribution < 1.29 is 19.4 Å². The molecule has 2 aromatic rings. The van der Waals surface area contributed by atoms with Gasteiger partial charge >= 0.3 is 5.97 Å². The van der Waals surface area contributed by atoms with Gasteiger partial charge in [0, 0.05) is 6.42 Å². The Balaban J connectivity index is 1.99. The molecular weight excluding hydrogens is 294 g/mol. The van der Waals surface area contributed by atoms with Crippen LogP contribution in [0, 0.1) is 0 Å². The highest BCUT2D eigenvalue weighted by Gasteiger charge is 2.20. The highest BCUT2D eigenvalue weighted by atomic mass is 16.5. The van der Waals surface area contributed by atoms with E-state index in [0.29, 0.717) is 5.75 Å². The number of amides is 1. The molecule has 2 aromatic carbocycles. The second kappa shape index (κ2) is 7.98. The molecular formula is C18H19NO4. The van der Waals surface area contributed by atoms with Gasteiger partial charge in [0.05, 0.1) is 13.5 Å². The number of benzene rings is 2. The average Bonchev–Trinajstić information content (AvgIpc) is 2.55. The Bertz CT molecular complexity index is 670. The van der Waals surface area contributed by atoms with Crippen molar-refractivity contribution in [3.05, 3.63) is 65.7 Å². The van der Waals surface area contributed by atoms with Crippen LogP contribution in [0.5, 0.6) is 5.75 Å². The lowest BCUT2D eigenvalue weighted by Crippen LogP contribution is -2.43. The van der Waals surface area contributed by atoms with Crippen LogP contribution in [-0.2, 0) is 22.4 Å². The van der Waals surface area contributed by atoms with E-state index in [4.69, 9.17) is 4.74 Å². The highest BCUT2D eigenvalue weighted by Crippen LogP contribution is 2.13. The van der Waals surface area contributed by atoms with Gasteiger partial charge in [-0.05, 0) is 23.3 Å². The van der Waals surface area contributed by atoms with Gasteiger partial charge in [-0.15, -0.1) is 0 Å². The summed E-state index contributed by atoms with van der Waals surface area (Å²) in [5, 5.41) is 11.9. The number of rotatable bonds is 7. The molecule has 1 amide bonds. The number of hydrogen-bond acceptors (Lipinski definition) is 3. The monoisotopic (exact) mass is 313 g/mol. The molecule has 0 aliphatic rings. The first-order valence-electron chi connectivity index (χ1n) is 7.27. The first-order chi connectivity index (χ1) is 11.1. The summed E-state index contributed by atoms with van der Waals surface area (Å²) in [7, 11) is 1.56. The fourth-order valence-electron chi connectivity index (χ4n) is 2.26. The van der Waals surface area contributed by atoms with Crippen LogP contribution in [0.1, 0.15) is 11.1 Å². The Morgan fingerprint density at radius 3 is 2.43 bits per heavy atom. The molecule has 0 unspecified atom stereocenters. The maximum Gasteiger partial charge on any atom is 0.326 e. The van der Waals surface area contributed by atoms with Crippen LogP contribution >= 0.6 is 0 Å². The zero-order valence-electron chi connectivity index (χ0n) is 12.9. The number of carboxylic acid groups (broad SMARTS) is 1. The summed E-state index contributed by atoms with van der Waals surface area (Å²) in [6.07, 6.45) is 0.357. The molecule has 23 heavy (non-hydrogen) atoms. The number of methoxy groups -OCH3 is 1. The normalized spacial score (nSPS) is 11.5. The summed E-state index contributed by atoms with van der Waals surface area (Å²) in [5.41, 5.74) is 1.63. The fraction of sp³-hybridized carbons (Fsp3) is 0.222. The van der Waals surface area contributed by atoms with E-state index in [1.807, 2.05) is 30.3 Å². The minimum Gasteiger partial charge on any atom is -0.497 e. The zero-order valence-corrected chi connectivity index (χ0v) is 12.9. The van der Waals surface area contributed by atoms with Gasteiger partial charge in [0.15, 0.2) is 0 Å². The molecule has 0 aliphatic heterocycles. The number of aliphatic carboxylic acids is 1. The molecule has 0 fully saturated rings. The van der Waals surface area contributed by atoms with Crippen LogP contribution in [0.25, 0.3) is 0 Å². The van der Waals surface area contributed by atoms with Crippen molar-refractivity contribution in [3.63, 3.8) is 0 Å². The average molecular weight is 313 g/mol. The summed E-state index contributed by atoms with van der Waals surface area (Å²) in [4.78, 5) is 23.5. The largest absolute Gasteiger partial charge is 0.497 e. The first-order valence-corrected chi connectivity index (χ1v) is 7.27. The van der Waals surface area contributed by atoms with E-state index in [0.717, 1.165) is 11.1 Å². The Kier molecular flexibility index (Phi) is 5.74. The van der Waals surface area contributed by atoms with Crippen LogP contribution in [0.4, 0.5) is 0 Å². The minimum absolute atomic E-state index is 0.107. The number of hydrogen-bond donors (Lipinski definition) is 2. The maximum atomic E-state index is 12.1. The van der Waals surface area contributed by atoms with Crippen molar-refractivity contribution in [2.75, 3.05) is 7.11 Å². The molecule has 0 heterocycles. The van der Waals surface area contributed by atoms with Gasteiger partial charge in [0.2, 0.25) is 5.91 Å². The third kappa shape index (κ3) is 5.14. The second-order valence-electron chi connectivity index (χ2n) is 5.18. The van der Waals surface area contributed by atoms with Crippen molar-refractivity contribution in [1.82, 2.24) is 5.32 Å². The molecule has 0 saturated heterocycles. The minimum atomic E-state index is -1.05. The van der Waals surface area contributed by atoms with Gasteiger partial charge in [0.25, 0.3) is 0 Å². The molecule has 5 heteroatoms. The molecule has 0 aliphatic carbocycles. The molecule has 5 nitrogen and oxygen atoms in total. The summed E-state index contributed by atoms with van der Waals surface area (Å²) in [6, 6.07) is 15.4. The number of carboxylic acids is 1. The number of carbonyl (C=O) groups excluding carboxylic acids is 1. The second-order valence-corrected chi connectivity index (χ2v) is 5.18. The van der Waals surface area contributed by atoms with E-state index in [9.17, 15) is 14.7 Å². The highest BCUT2D eigenvalue weighted by molar-refractivity contribution is 5.85. The third-order valence-electron chi connectivity index (χ3n) is 3.41. The van der Waals surface area contributed by atoms with Gasteiger partial charge in [-0.2, -0.15) is 0 Å². The number of carbonyl (C=O) groups is 2. The molecule has 120 valence electrons. The molecule has 0 radical (unpaired) electrons. The van der Waals surface area contributed by atoms with Crippen molar-refractivity contribution >= 4 is 11.9 Å². The fourth-order valence-corrected chi connectivity index (χ4v) is 2.26. The smallest absolute Gasteiger partial charge is 0.326 e. The SMILES string of the molecule is COc1cccc(CC(=O)N[C@@H](Cc2ccccc2)C(=O)O)c1. The Labute approximate surface area is 134 Å². The van der Waals surface area contributed by atoms with Crippen LogP contribution in [0.2, 0.25) is 0 Å². The zero-order chi connectivity index (χ0) is 16.7. The van der Waals surface area contributed by atoms with Gasteiger partial charge in [-0.3, -0.25) is 4.79 Å². The van der Waals surface area contributed by atoms with Crippen LogP contribution < -0.4 is 10.1 Å². The molecule has 2 N–H and O–H groups in total. The summed E-state index contributed by atoms with van der Waals surface area (Å²) in [5.74, 6) is -0.719. The number of ether oxygens (including phenoxy) is 1. The third-order valence-corrected chi connectivity index (χ3v) is 3.41. The Hall–Kier alpha value is -2.82. The number of nitrogens with one attached hydrogen (secondary N) is 1. The summed E-state index contributed by atoms with van der Waals surface area (Å²) >= 11 is 0. The topological polar surface area (TPSA) is 75.6 Å². The quantitative estimate of drug-likeness (QED) is 0.820. The van der Waals surface area contributed by atoms with Crippen molar-refractivity contribution in [2.24, 2.45) is 0 Å². The molecule has 0 spiro atoms. The van der Waals surface area contributed by atoms with Crippen molar-refractivity contribution in [3.8, 4) is 5.75 Å². The maximum absolute atomic E-state index is 12.1. The summed E-state index contributed by atoms with van der Waals surface area (Å²) in [6.45, 7) is 0. The predicted molar refractivity (Wildman–Crippen MR) is 86.4 cm³/mol. The Morgan fingerprint density at radius 2 is 1.78 bits per heavy atom. The van der Waals surface area contributed by atoms with Crippen LogP contribution in [-0.4, -0.2) is 30.1 Å². The lowest BCUT2D eigenvalue weighted by atomic mass is 10.1. The molecule has 0 bridgehead atoms. The lowest BCUT2D eigenvalue weighted by Gasteiger charge is -2.15.